The molecule has 0 radical (unpaired) electrons. The summed E-state index contributed by atoms with van der Waals surface area (Å²) in [6, 6.07) is 3.18. The molecule has 1 aromatic carbocycles. The number of amides is 5. The average molecular weight is 691 g/mol. The topological polar surface area (TPSA) is 184 Å². The van der Waals surface area contributed by atoms with Gasteiger partial charge in [-0.15, -0.1) is 11.7 Å². The predicted octanol–water partition coefficient (Wildman–Crippen LogP) is 1.76. The summed E-state index contributed by atoms with van der Waals surface area (Å²) in [6.07, 6.45) is 0.0797. The minimum absolute atomic E-state index is 0.0368. The highest BCUT2D eigenvalue weighted by atomic mass is 32.2. The van der Waals surface area contributed by atoms with Gasteiger partial charge in [-0.2, -0.15) is 5.01 Å². The Morgan fingerprint density at radius 2 is 1.83 bits per heavy atom. The van der Waals surface area contributed by atoms with Crippen molar-refractivity contribution in [2.75, 3.05) is 6.54 Å². The van der Waals surface area contributed by atoms with E-state index in [-0.39, 0.29) is 32.5 Å². The second kappa shape index (κ2) is 12.8. The molecule has 3 fully saturated rings. The minimum atomic E-state index is -3.95. The van der Waals surface area contributed by atoms with Gasteiger partial charge in [0.2, 0.25) is 15.9 Å². The van der Waals surface area contributed by atoms with E-state index < -0.39 is 80.2 Å². The van der Waals surface area contributed by atoms with E-state index in [0.717, 1.165) is 11.1 Å². The number of hydrogen-bond donors (Lipinski definition) is 3. The zero-order chi connectivity index (χ0) is 35.2. The van der Waals surface area contributed by atoms with E-state index >= 15 is 0 Å². The summed E-state index contributed by atoms with van der Waals surface area (Å²) in [5.74, 6) is -3.64. The maximum absolute atomic E-state index is 14.3. The van der Waals surface area contributed by atoms with Crippen molar-refractivity contribution in [2.24, 2.45) is 5.92 Å². The highest BCUT2D eigenvalue weighted by Gasteiger charge is 2.62. The number of fused-ring (bicyclic) bond motifs is 1. The summed E-state index contributed by atoms with van der Waals surface area (Å²) in [7, 11) is -3.95. The Bertz CT molecular complexity index is 1660. The molecule has 2 heterocycles. The molecule has 2 unspecified atom stereocenters. The lowest BCUT2D eigenvalue weighted by atomic mass is 10.1. The molecule has 1 aromatic rings. The number of hydrogen-bond acceptors (Lipinski definition) is 10. The van der Waals surface area contributed by atoms with Crippen molar-refractivity contribution >= 4 is 39.9 Å². The number of halogens is 1. The average Bonchev–Trinajstić information content (AvgIpc) is 3.89. The Kier molecular flexibility index (Phi) is 9.31. The van der Waals surface area contributed by atoms with Gasteiger partial charge in [-0.05, 0) is 57.7 Å². The zero-order valence-corrected chi connectivity index (χ0v) is 27.7. The van der Waals surface area contributed by atoms with Crippen molar-refractivity contribution in [3.63, 3.8) is 0 Å². The fraction of sp³-hybridized carbons (Fsp3) is 0.516. The van der Waals surface area contributed by atoms with Crippen LogP contribution in [0.2, 0.25) is 0 Å². The number of rotatable bonds is 9. The van der Waals surface area contributed by atoms with Gasteiger partial charge in [-0.3, -0.25) is 24.0 Å². The van der Waals surface area contributed by atoms with E-state index in [2.05, 4.69) is 28.6 Å². The van der Waals surface area contributed by atoms with E-state index in [1.54, 1.807) is 26.8 Å². The molecule has 260 valence electrons. The number of benzene rings is 1. The van der Waals surface area contributed by atoms with Gasteiger partial charge in [0, 0.05) is 24.4 Å². The summed E-state index contributed by atoms with van der Waals surface area (Å²) >= 11 is 0. The fourth-order valence-electron chi connectivity index (χ4n) is 5.75. The maximum Gasteiger partial charge on any atom is 0.444 e. The summed E-state index contributed by atoms with van der Waals surface area (Å²) in [5.41, 5.74) is 0.617. The van der Waals surface area contributed by atoms with Gasteiger partial charge in [0.1, 0.15) is 29.1 Å². The number of hydrazine groups is 2. The van der Waals surface area contributed by atoms with Crippen LogP contribution in [0.25, 0.3) is 0 Å². The number of ether oxygens (including phenoxy) is 2. The van der Waals surface area contributed by atoms with Gasteiger partial charge in [0.25, 0.3) is 11.8 Å². The molecule has 2 saturated carbocycles. The van der Waals surface area contributed by atoms with E-state index in [4.69, 9.17) is 9.47 Å². The molecule has 2 aliphatic heterocycles. The van der Waals surface area contributed by atoms with E-state index in [1.165, 1.54) is 23.1 Å². The molecule has 48 heavy (non-hydrogen) atoms. The van der Waals surface area contributed by atoms with Gasteiger partial charge < -0.3 is 14.8 Å². The molecule has 4 atom stereocenters. The third-order valence-electron chi connectivity index (χ3n) is 8.46. The van der Waals surface area contributed by atoms with Crippen molar-refractivity contribution in [3.05, 3.63) is 60.5 Å². The Labute approximate surface area is 277 Å². The molecule has 17 heteroatoms. The summed E-state index contributed by atoms with van der Waals surface area (Å²) in [5, 5.41) is 3.76. The molecule has 0 bridgehead atoms. The lowest BCUT2D eigenvalue weighted by Gasteiger charge is -2.36. The fourth-order valence-corrected chi connectivity index (χ4v) is 7.11. The molecular formula is C31H39FN6O9S. The van der Waals surface area contributed by atoms with Crippen LogP contribution < -0.4 is 15.5 Å². The molecule has 2 aliphatic carbocycles. The number of sulfonamides is 1. The van der Waals surface area contributed by atoms with Crippen LogP contribution >= 0.6 is 0 Å². The van der Waals surface area contributed by atoms with Crippen LogP contribution in [0.5, 0.6) is 0 Å². The predicted molar refractivity (Wildman–Crippen MR) is 167 cm³/mol. The van der Waals surface area contributed by atoms with Crippen LogP contribution in [-0.4, -0.2) is 88.4 Å². The third kappa shape index (κ3) is 7.31. The molecule has 1 saturated heterocycles. The molecule has 4 aliphatic rings. The Morgan fingerprint density at radius 3 is 2.42 bits per heavy atom. The first-order valence-electron chi connectivity index (χ1n) is 15.4. The Balaban J connectivity index is 1.39. The molecule has 5 amide bonds. The molecular weight excluding hydrogens is 651 g/mol. The van der Waals surface area contributed by atoms with Crippen LogP contribution in [0.15, 0.2) is 43.5 Å². The van der Waals surface area contributed by atoms with E-state index in [0.29, 0.717) is 29.1 Å². The first-order valence-corrected chi connectivity index (χ1v) is 17.0. The van der Waals surface area contributed by atoms with E-state index in [1.807, 2.05) is 0 Å². The van der Waals surface area contributed by atoms with Gasteiger partial charge in [0.15, 0.2) is 0 Å². The van der Waals surface area contributed by atoms with Crippen LogP contribution in [0.1, 0.15) is 57.6 Å². The van der Waals surface area contributed by atoms with Crippen LogP contribution in [0.3, 0.4) is 0 Å². The van der Waals surface area contributed by atoms with Crippen LogP contribution in [0, 0.1) is 11.7 Å². The highest BCUT2D eigenvalue weighted by Crippen LogP contribution is 2.45. The first-order chi connectivity index (χ1) is 22.5. The van der Waals surface area contributed by atoms with Crippen molar-refractivity contribution in [1.29, 1.82) is 0 Å². The quantitative estimate of drug-likeness (QED) is 0.196. The molecule has 0 aromatic heterocycles. The second-order valence-corrected chi connectivity index (χ2v) is 15.2. The molecule has 5 rings (SSSR count). The maximum atomic E-state index is 14.3. The first kappa shape index (κ1) is 34.8. The summed E-state index contributed by atoms with van der Waals surface area (Å²) in [6.45, 7) is 11.6. The number of nitrogens with one attached hydrogen (secondary N) is 3. The van der Waals surface area contributed by atoms with Crippen LogP contribution in [-0.2, 0) is 47.0 Å². The lowest BCUT2D eigenvalue weighted by molar-refractivity contribution is -0.146. The van der Waals surface area contributed by atoms with Gasteiger partial charge in [0.05, 0.1) is 18.3 Å². The van der Waals surface area contributed by atoms with Gasteiger partial charge in [-0.25, -0.2) is 27.8 Å². The lowest BCUT2D eigenvalue weighted by Crippen LogP contribution is -2.62. The standard InChI is InChI=1S/C31H39FN6O9S/c1-6-19-14-31(19,27(41)35-48(44,45)21-11-12-21)33-26(40)24-13-20(46-28(42)36-15-18-9-8-10-23(32)22(18)17-36)16-37(24)38(34-25(39)7-2)29(43)47-30(3,4)5/h6-10,19-21,24H,1-2,11-17H2,3-5H3,(H,33,40)(H,34,39)(H,35,41)/t19?,20-,24+,31?/m1/s1. The minimum Gasteiger partial charge on any atom is -0.445 e. The van der Waals surface area contributed by atoms with Crippen molar-refractivity contribution in [3.8, 4) is 0 Å². The van der Waals surface area contributed by atoms with Crippen molar-refractivity contribution < 1.29 is 46.3 Å². The highest BCUT2D eigenvalue weighted by molar-refractivity contribution is 7.91. The molecule has 15 nitrogen and oxygen atoms in total. The smallest absolute Gasteiger partial charge is 0.444 e. The monoisotopic (exact) mass is 690 g/mol. The number of nitrogens with zero attached hydrogens (tertiary/aromatic N) is 3. The number of carbonyl (C=O) groups excluding carboxylic acids is 5. The number of carbonyl (C=O) groups is 5. The Hall–Kier alpha value is -4.51. The summed E-state index contributed by atoms with van der Waals surface area (Å²) < 4.78 is 52.7. The summed E-state index contributed by atoms with van der Waals surface area (Å²) in [4.78, 5) is 67.7. The molecule has 0 spiro atoms. The van der Waals surface area contributed by atoms with Crippen molar-refractivity contribution in [1.82, 2.24) is 30.5 Å². The van der Waals surface area contributed by atoms with Gasteiger partial charge >= 0.3 is 12.2 Å². The van der Waals surface area contributed by atoms with Gasteiger partial charge in [-0.1, -0.05) is 24.8 Å². The van der Waals surface area contributed by atoms with E-state index in [9.17, 15) is 36.8 Å². The normalized spacial score (nSPS) is 24.9. The SMILES string of the molecule is C=CC(=O)NN(C(=O)OC(C)(C)C)N1C[C@H](OC(=O)N2Cc3cccc(F)c3C2)C[C@H]1C(=O)NC1(C(=O)NS(=O)(=O)C2CC2)CC1C=C. The Morgan fingerprint density at radius 1 is 1.12 bits per heavy atom. The second-order valence-electron chi connectivity index (χ2n) is 13.3. The molecule has 3 N–H and O–H groups in total. The largest absolute Gasteiger partial charge is 0.445 e. The van der Waals surface area contributed by atoms with Crippen molar-refractivity contribution in [2.45, 2.75) is 88.1 Å². The van der Waals surface area contributed by atoms with Crippen LogP contribution in [0.4, 0.5) is 14.0 Å². The third-order valence-corrected chi connectivity index (χ3v) is 10.3. The zero-order valence-electron chi connectivity index (χ0n) is 26.9.